The van der Waals surface area contributed by atoms with Gasteiger partial charge in [0.05, 0.1) is 24.7 Å². The van der Waals surface area contributed by atoms with Crippen LogP contribution in [-0.4, -0.2) is 51.4 Å². The summed E-state index contributed by atoms with van der Waals surface area (Å²) >= 11 is 0. The molecule has 1 aromatic carbocycles. The van der Waals surface area contributed by atoms with Gasteiger partial charge < -0.3 is 14.2 Å². The van der Waals surface area contributed by atoms with Gasteiger partial charge in [0.2, 0.25) is 10.0 Å². The number of hydrogen-bond acceptors (Lipinski definition) is 5. The van der Waals surface area contributed by atoms with Gasteiger partial charge in [-0.05, 0) is 37.6 Å². The molecule has 2 fully saturated rings. The molecule has 2 heterocycles. The first-order valence-electron chi connectivity index (χ1n) is 7.98. The molecule has 0 saturated carbocycles. The zero-order valence-corrected chi connectivity index (χ0v) is 14.4. The molecular formula is C16H23NO5S. The summed E-state index contributed by atoms with van der Waals surface area (Å²) in [6.45, 7) is 6.32. The summed E-state index contributed by atoms with van der Waals surface area (Å²) in [5.41, 5.74) is 0.823. The maximum Gasteiger partial charge on any atom is 0.243 e. The third kappa shape index (κ3) is 3.24. The van der Waals surface area contributed by atoms with Gasteiger partial charge in [0.25, 0.3) is 0 Å². The largest absolute Gasteiger partial charge is 0.494 e. The van der Waals surface area contributed by atoms with Gasteiger partial charge >= 0.3 is 0 Å². The average molecular weight is 341 g/mol. The van der Waals surface area contributed by atoms with E-state index in [0.29, 0.717) is 50.6 Å². The Morgan fingerprint density at radius 1 is 1.22 bits per heavy atom. The second-order valence-corrected chi connectivity index (χ2v) is 7.81. The summed E-state index contributed by atoms with van der Waals surface area (Å²) < 4.78 is 43.9. The number of piperidine rings is 1. The van der Waals surface area contributed by atoms with Crippen molar-refractivity contribution in [2.75, 3.05) is 32.9 Å². The Hall–Kier alpha value is -1.15. The van der Waals surface area contributed by atoms with Crippen molar-refractivity contribution in [1.82, 2.24) is 4.31 Å². The minimum atomic E-state index is -3.50. The number of aryl methyl sites for hydroxylation is 1. The highest BCUT2D eigenvalue weighted by Gasteiger charge is 2.42. The quantitative estimate of drug-likeness (QED) is 0.837. The van der Waals surface area contributed by atoms with Crippen LogP contribution in [-0.2, 0) is 19.5 Å². The Kier molecular flexibility index (Phi) is 4.64. The topological polar surface area (TPSA) is 65.1 Å². The monoisotopic (exact) mass is 341 g/mol. The molecule has 0 N–H and O–H groups in total. The van der Waals surface area contributed by atoms with E-state index in [4.69, 9.17) is 14.2 Å². The van der Waals surface area contributed by atoms with E-state index in [2.05, 4.69) is 0 Å². The van der Waals surface area contributed by atoms with Crippen LogP contribution in [0.15, 0.2) is 23.1 Å². The van der Waals surface area contributed by atoms with Crippen molar-refractivity contribution >= 4 is 10.0 Å². The van der Waals surface area contributed by atoms with Crippen LogP contribution in [0.1, 0.15) is 25.3 Å². The molecule has 23 heavy (non-hydrogen) atoms. The molecule has 128 valence electrons. The fraction of sp³-hybridized carbons (Fsp3) is 0.625. The van der Waals surface area contributed by atoms with Crippen LogP contribution in [0.3, 0.4) is 0 Å². The molecule has 7 heteroatoms. The minimum absolute atomic E-state index is 0.308. The molecule has 0 unspecified atom stereocenters. The average Bonchev–Trinajstić information content (AvgIpc) is 2.98. The molecule has 0 aliphatic carbocycles. The molecule has 0 amide bonds. The van der Waals surface area contributed by atoms with Gasteiger partial charge in [-0.3, -0.25) is 0 Å². The van der Waals surface area contributed by atoms with Crippen molar-refractivity contribution in [3.8, 4) is 5.75 Å². The normalized spacial score (nSPS) is 21.7. The maximum absolute atomic E-state index is 12.8. The van der Waals surface area contributed by atoms with Crippen molar-refractivity contribution in [3.05, 3.63) is 23.8 Å². The first kappa shape index (κ1) is 16.7. The molecule has 2 saturated heterocycles. The Labute approximate surface area is 137 Å². The number of benzene rings is 1. The number of rotatable bonds is 4. The van der Waals surface area contributed by atoms with E-state index >= 15 is 0 Å². The minimum Gasteiger partial charge on any atom is -0.494 e. The summed E-state index contributed by atoms with van der Waals surface area (Å²) in [5.74, 6) is 0.151. The Morgan fingerprint density at radius 3 is 2.43 bits per heavy atom. The van der Waals surface area contributed by atoms with Crippen LogP contribution in [0.4, 0.5) is 0 Å². The number of ether oxygens (including phenoxy) is 3. The van der Waals surface area contributed by atoms with Crippen molar-refractivity contribution in [2.45, 2.75) is 37.4 Å². The lowest BCUT2D eigenvalue weighted by molar-refractivity contribution is -0.179. The van der Waals surface area contributed by atoms with Gasteiger partial charge in [0.1, 0.15) is 5.75 Å². The molecule has 1 aromatic rings. The molecule has 2 aliphatic heterocycles. The zero-order valence-electron chi connectivity index (χ0n) is 13.6. The Balaban J connectivity index is 1.75. The van der Waals surface area contributed by atoms with E-state index in [1.807, 2.05) is 13.8 Å². The first-order chi connectivity index (χ1) is 11.0. The highest BCUT2D eigenvalue weighted by molar-refractivity contribution is 7.89. The highest BCUT2D eigenvalue weighted by atomic mass is 32.2. The molecule has 2 aliphatic rings. The predicted octanol–water partition coefficient (Wildman–Crippen LogP) is 1.92. The first-order valence-corrected chi connectivity index (χ1v) is 9.42. The van der Waals surface area contributed by atoms with E-state index in [1.165, 1.54) is 4.31 Å². The Bertz CT molecular complexity index is 657. The van der Waals surface area contributed by atoms with Gasteiger partial charge in [-0.1, -0.05) is 0 Å². The smallest absolute Gasteiger partial charge is 0.243 e. The van der Waals surface area contributed by atoms with Gasteiger partial charge in [-0.15, -0.1) is 0 Å². The SMILES string of the molecule is CCOc1ccc(S(=O)(=O)N2CCC3(CC2)OCCO3)cc1C. The third-order valence-electron chi connectivity index (χ3n) is 4.38. The lowest BCUT2D eigenvalue weighted by Crippen LogP contribution is -2.47. The van der Waals surface area contributed by atoms with Gasteiger partial charge in [0, 0.05) is 25.9 Å². The van der Waals surface area contributed by atoms with Crippen LogP contribution in [0.5, 0.6) is 5.75 Å². The van der Waals surface area contributed by atoms with Crippen LogP contribution in [0.2, 0.25) is 0 Å². The standard InChI is InChI=1S/C16H23NO5S/c1-3-20-15-5-4-14(12-13(15)2)23(18,19)17-8-6-16(7-9-17)21-10-11-22-16/h4-5,12H,3,6-11H2,1-2H3. The van der Waals surface area contributed by atoms with Crippen molar-refractivity contribution in [1.29, 1.82) is 0 Å². The molecular weight excluding hydrogens is 318 g/mol. The van der Waals surface area contributed by atoms with Crippen LogP contribution in [0.25, 0.3) is 0 Å². The predicted molar refractivity (Wildman–Crippen MR) is 85.0 cm³/mol. The summed E-state index contributed by atoms with van der Waals surface area (Å²) in [6, 6.07) is 5.01. The van der Waals surface area contributed by atoms with Crippen LogP contribution >= 0.6 is 0 Å². The molecule has 0 bridgehead atoms. The van der Waals surface area contributed by atoms with Gasteiger partial charge in [0.15, 0.2) is 5.79 Å². The van der Waals surface area contributed by atoms with Gasteiger partial charge in [-0.2, -0.15) is 4.31 Å². The van der Waals surface area contributed by atoms with Crippen molar-refractivity contribution in [3.63, 3.8) is 0 Å². The molecule has 3 rings (SSSR count). The van der Waals surface area contributed by atoms with E-state index in [9.17, 15) is 8.42 Å². The van der Waals surface area contributed by atoms with Crippen LogP contribution in [0, 0.1) is 6.92 Å². The molecule has 0 radical (unpaired) electrons. The number of nitrogens with zero attached hydrogens (tertiary/aromatic N) is 1. The zero-order chi connectivity index (χ0) is 16.5. The van der Waals surface area contributed by atoms with E-state index < -0.39 is 15.8 Å². The third-order valence-corrected chi connectivity index (χ3v) is 6.28. The highest BCUT2D eigenvalue weighted by Crippen LogP contribution is 2.34. The summed E-state index contributed by atoms with van der Waals surface area (Å²) in [4.78, 5) is 0.308. The maximum atomic E-state index is 12.8. The van der Waals surface area contributed by atoms with Crippen LogP contribution < -0.4 is 4.74 Å². The molecule has 0 aromatic heterocycles. The molecule has 6 nitrogen and oxygen atoms in total. The second-order valence-electron chi connectivity index (χ2n) is 5.87. The van der Waals surface area contributed by atoms with Crippen molar-refractivity contribution in [2.24, 2.45) is 0 Å². The number of sulfonamides is 1. The summed E-state index contributed by atoms with van der Waals surface area (Å²) in [6.07, 6.45) is 1.14. The fourth-order valence-corrected chi connectivity index (χ4v) is 4.63. The summed E-state index contributed by atoms with van der Waals surface area (Å²) in [7, 11) is -3.50. The van der Waals surface area contributed by atoms with Crippen molar-refractivity contribution < 1.29 is 22.6 Å². The fourth-order valence-electron chi connectivity index (χ4n) is 3.10. The lowest BCUT2D eigenvalue weighted by Gasteiger charge is -2.36. The molecule has 1 spiro atoms. The Morgan fingerprint density at radius 2 is 1.87 bits per heavy atom. The molecule has 0 atom stereocenters. The van der Waals surface area contributed by atoms with E-state index in [-0.39, 0.29) is 0 Å². The number of hydrogen-bond donors (Lipinski definition) is 0. The van der Waals surface area contributed by atoms with E-state index in [0.717, 1.165) is 11.3 Å². The second kappa shape index (κ2) is 6.39. The lowest BCUT2D eigenvalue weighted by atomic mass is 10.1. The summed E-state index contributed by atoms with van der Waals surface area (Å²) in [5, 5.41) is 0. The van der Waals surface area contributed by atoms with E-state index in [1.54, 1.807) is 18.2 Å². The van der Waals surface area contributed by atoms with Gasteiger partial charge in [-0.25, -0.2) is 8.42 Å².